The van der Waals surface area contributed by atoms with Crippen LogP contribution in [-0.4, -0.2) is 57.2 Å². The number of likely N-dealkylation sites (N-methyl/N-ethyl adjacent to an activating group) is 1. The molecule has 2 aliphatic heterocycles. The van der Waals surface area contributed by atoms with Gasteiger partial charge < -0.3 is 25.0 Å². The zero-order valence-electron chi connectivity index (χ0n) is 13.2. The van der Waals surface area contributed by atoms with Crippen LogP contribution < -0.4 is 20.1 Å². The number of aryl methyl sites for hydroxylation is 1. The van der Waals surface area contributed by atoms with Gasteiger partial charge in [-0.05, 0) is 26.0 Å². The van der Waals surface area contributed by atoms with E-state index in [2.05, 4.69) is 16.8 Å². The summed E-state index contributed by atoms with van der Waals surface area (Å²) in [7, 11) is 3.80. The van der Waals surface area contributed by atoms with Crippen LogP contribution in [0.2, 0.25) is 0 Å². The maximum absolute atomic E-state index is 11.5. The SMILES string of the molecule is COc1cc2c(c(N3CCN(C)CC3)c1)OC(C(N)=O)CC2. The number of piperazine rings is 1. The van der Waals surface area contributed by atoms with Crippen LogP contribution in [0, 0.1) is 0 Å². The number of methoxy groups -OCH3 is 1. The number of hydrogen-bond acceptors (Lipinski definition) is 5. The summed E-state index contributed by atoms with van der Waals surface area (Å²) in [4.78, 5) is 16.1. The normalized spacial score (nSPS) is 21.9. The van der Waals surface area contributed by atoms with Crippen LogP contribution in [-0.2, 0) is 11.2 Å². The summed E-state index contributed by atoms with van der Waals surface area (Å²) in [6, 6.07) is 3.99. The molecule has 1 unspecified atom stereocenters. The summed E-state index contributed by atoms with van der Waals surface area (Å²) in [6.45, 7) is 3.87. The summed E-state index contributed by atoms with van der Waals surface area (Å²) >= 11 is 0. The molecule has 0 spiro atoms. The van der Waals surface area contributed by atoms with Gasteiger partial charge in [-0.3, -0.25) is 4.79 Å². The van der Waals surface area contributed by atoms with Crippen molar-refractivity contribution in [2.75, 3.05) is 45.2 Å². The Kier molecular flexibility index (Phi) is 4.11. The van der Waals surface area contributed by atoms with Gasteiger partial charge in [-0.1, -0.05) is 0 Å². The molecule has 1 amide bonds. The summed E-state index contributed by atoms with van der Waals surface area (Å²) in [5.41, 5.74) is 7.51. The lowest BCUT2D eigenvalue weighted by atomic mass is 9.99. The van der Waals surface area contributed by atoms with E-state index in [1.54, 1.807) is 7.11 Å². The molecule has 1 fully saturated rings. The molecule has 0 radical (unpaired) electrons. The average molecular weight is 305 g/mol. The average Bonchev–Trinajstić information content (AvgIpc) is 2.54. The smallest absolute Gasteiger partial charge is 0.258 e. The van der Waals surface area contributed by atoms with E-state index in [4.69, 9.17) is 15.2 Å². The molecule has 1 atom stereocenters. The predicted molar refractivity (Wildman–Crippen MR) is 84.6 cm³/mol. The van der Waals surface area contributed by atoms with Gasteiger partial charge in [0.25, 0.3) is 5.91 Å². The van der Waals surface area contributed by atoms with Gasteiger partial charge in [0.2, 0.25) is 0 Å². The van der Waals surface area contributed by atoms with Crippen molar-refractivity contribution in [2.24, 2.45) is 5.73 Å². The Bertz CT molecular complexity index is 568. The first-order valence-electron chi connectivity index (χ1n) is 7.69. The number of amides is 1. The highest BCUT2D eigenvalue weighted by Crippen LogP contribution is 2.40. The minimum Gasteiger partial charge on any atom is -0.497 e. The van der Waals surface area contributed by atoms with Gasteiger partial charge >= 0.3 is 0 Å². The van der Waals surface area contributed by atoms with E-state index >= 15 is 0 Å². The lowest BCUT2D eigenvalue weighted by molar-refractivity contribution is -0.125. The van der Waals surface area contributed by atoms with Gasteiger partial charge in [0.1, 0.15) is 11.5 Å². The summed E-state index contributed by atoms with van der Waals surface area (Å²) in [5, 5.41) is 0. The van der Waals surface area contributed by atoms with Gasteiger partial charge in [-0.25, -0.2) is 0 Å². The molecule has 22 heavy (non-hydrogen) atoms. The third-order valence-corrected chi connectivity index (χ3v) is 4.45. The third-order valence-electron chi connectivity index (χ3n) is 4.45. The van der Waals surface area contributed by atoms with Crippen molar-refractivity contribution in [3.8, 4) is 11.5 Å². The van der Waals surface area contributed by atoms with E-state index in [1.807, 2.05) is 12.1 Å². The second-order valence-electron chi connectivity index (χ2n) is 5.97. The summed E-state index contributed by atoms with van der Waals surface area (Å²) < 4.78 is 11.3. The Morgan fingerprint density at radius 3 is 2.68 bits per heavy atom. The maximum atomic E-state index is 11.5. The minimum absolute atomic E-state index is 0.397. The molecular weight excluding hydrogens is 282 g/mol. The van der Waals surface area contributed by atoms with Crippen molar-refractivity contribution < 1.29 is 14.3 Å². The fraction of sp³-hybridized carbons (Fsp3) is 0.562. The molecule has 1 aromatic rings. The number of benzene rings is 1. The molecule has 0 bridgehead atoms. The molecule has 1 saturated heterocycles. The third kappa shape index (κ3) is 2.83. The molecule has 6 nitrogen and oxygen atoms in total. The quantitative estimate of drug-likeness (QED) is 0.887. The number of ether oxygens (including phenoxy) is 2. The molecule has 120 valence electrons. The number of nitrogens with two attached hydrogens (primary N) is 1. The van der Waals surface area contributed by atoms with E-state index in [0.29, 0.717) is 6.42 Å². The zero-order chi connectivity index (χ0) is 15.7. The lowest BCUT2D eigenvalue weighted by Crippen LogP contribution is -2.45. The van der Waals surface area contributed by atoms with Crippen LogP contribution in [0.5, 0.6) is 11.5 Å². The van der Waals surface area contributed by atoms with Gasteiger partial charge in [-0.15, -0.1) is 0 Å². The molecular formula is C16H23N3O3. The van der Waals surface area contributed by atoms with Crippen LogP contribution in [0.25, 0.3) is 0 Å². The zero-order valence-corrected chi connectivity index (χ0v) is 13.2. The van der Waals surface area contributed by atoms with E-state index in [-0.39, 0.29) is 0 Å². The van der Waals surface area contributed by atoms with Crippen LogP contribution in [0.15, 0.2) is 12.1 Å². The van der Waals surface area contributed by atoms with Crippen molar-refractivity contribution in [3.05, 3.63) is 17.7 Å². The van der Waals surface area contributed by atoms with Crippen LogP contribution in [0.1, 0.15) is 12.0 Å². The van der Waals surface area contributed by atoms with Crippen molar-refractivity contribution >= 4 is 11.6 Å². The number of anilines is 1. The number of carbonyl (C=O) groups excluding carboxylic acids is 1. The summed E-state index contributed by atoms with van der Waals surface area (Å²) in [5.74, 6) is 1.22. The lowest BCUT2D eigenvalue weighted by Gasteiger charge is -2.37. The second-order valence-corrected chi connectivity index (χ2v) is 5.97. The number of hydrogen-bond donors (Lipinski definition) is 1. The Morgan fingerprint density at radius 2 is 2.05 bits per heavy atom. The Labute approximate surface area is 130 Å². The Balaban J connectivity index is 1.95. The topological polar surface area (TPSA) is 68.0 Å². The standard InChI is InChI=1S/C16H23N3O3/c1-18-5-7-19(8-6-18)13-10-12(21-2)9-11-3-4-14(16(17)20)22-15(11)13/h9-10,14H,3-8H2,1-2H3,(H2,17,20). The van der Waals surface area contributed by atoms with Gasteiger partial charge in [-0.2, -0.15) is 0 Å². The number of carbonyl (C=O) groups is 1. The molecule has 2 N–H and O–H groups in total. The largest absolute Gasteiger partial charge is 0.497 e. The monoisotopic (exact) mass is 305 g/mol. The minimum atomic E-state index is -0.535. The molecule has 2 aliphatic rings. The Morgan fingerprint density at radius 1 is 1.32 bits per heavy atom. The number of fused-ring (bicyclic) bond motifs is 1. The molecule has 3 rings (SSSR count). The molecule has 6 heteroatoms. The van der Waals surface area contributed by atoms with E-state index < -0.39 is 12.0 Å². The molecule has 0 aliphatic carbocycles. The van der Waals surface area contributed by atoms with Crippen molar-refractivity contribution in [2.45, 2.75) is 18.9 Å². The fourth-order valence-corrected chi connectivity index (χ4v) is 3.05. The van der Waals surface area contributed by atoms with Crippen molar-refractivity contribution in [1.29, 1.82) is 0 Å². The van der Waals surface area contributed by atoms with Crippen LogP contribution in [0.4, 0.5) is 5.69 Å². The summed E-state index contributed by atoms with van der Waals surface area (Å²) in [6.07, 6.45) is 0.866. The number of rotatable bonds is 3. The van der Waals surface area contributed by atoms with Crippen molar-refractivity contribution in [1.82, 2.24) is 4.90 Å². The first kappa shape index (κ1) is 15.0. The first-order valence-corrected chi connectivity index (χ1v) is 7.69. The van der Waals surface area contributed by atoms with Gasteiger partial charge in [0, 0.05) is 37.8 Å². The molecule has 0 saturated carbocycles. The van der Waals surface area contributed by atoms with Gasteiger partial charge in [0.05, 0.1) is 12.8 Å². The predicted octanol–water partition coefficient (Wildman–Crippen LogP) is 0.626. The highest BCUT2D eigenvalue weighted by Gasteiger charge is 2.29. The second kappa shape index (κ2) is 6.04. The molecule has 2 heterocycles. The maximum Gasteiger partial charge on any atom is 0.258 e. The number of primary amides is 1. The highest BCUT2D eigenvalue weighted by molar-refractivity contribution is 5.80. The van der Waals surface area contributed by atoms with E-state index in [1.165, 1.54) is 0 Å². The number of nitrogens with zero attached hydrogens (tertiary/aromatic N) is 2. The van der Waals surface area contributed by atoms with Crippen molar-refractivity contribution in [3.63, 3.8) is 0 Å². The highest BCUT2D eigenvalue weighted by atomic mass is 16.5. The Hall–Kier alpha value is -1.95. The van der Waals surface area contributed by atoms with E-state index in [0.717, 1.165) is 55.3 Å². The van der Waals surface area contributed by atoms with Crippen LogP contribution >= 0.6 is 0 Å². The first-order chi connectivity index (χ1) is 10.6. The van der Waals surface area contributed by atoms with E-state index in [9.17, 15) is 4.79 Å². The van der Waals surface area contributed by atoms with Gasteiger partial charge in [0.15, 0.2) is 6.10 Å². The van der Waals surface area contributed by atoms with Crippen LogP contribution in [0.3, 0.4) is 0 Å². The molecule has 0 aromatic heterocycles. The fourth-order valence-electron chi connectivity index (χ4n) is 3.05. The molecule has 1 aromatic carbocycles.